The zero-order valence-corrected chi connectivity index (χ0v) is 14.7. The average Bonchev–Trinajstić information content (AvgIpc) is 2.51. The highest BCUT2D eigenvalue weighted by Gasteiger charge is 2.07. The fourth-order valence-corrected chi connectivity index (χ4v) is 2.92. The predicted molar refractivity (Wildman–Crippen MR) is 94.8 cm³/mol. The van der Waals surface area contributed by atoms with Gasteiger partial charge in [0.15, 0.2) is 0 Å². The topological polar surface area (TPSA) is 29.4 Å². The Labute approximate surface area is 133 Å². The summed E-state index contributed by atoms with van der Waals surface area (Å²) in [5.41, 5.74) is 0. The van der Waals surface area contributed by atoms with E-state index in [2.05, 4.69) is 19.0 Å². The van der Waals surface area contributed by atoms with Crippen molar-refractivity contribution in [1.29, 1.82) is 0 Å². The number of hydrogen-bond donors (Lipinski definition) is 0. The van der Waals surface area contributed by atoms with Crippen molar-refractivity contribution in [3.63, 3.8) is 0 Å². The molecule has 0 saturated heterocycles. The van der Waals surface area contributed by atoms with Crippen molar-refractivity contribution >= 4 is 0 Å². The number of hydrogen-bond acceptors (Lipinski definition) is 2. The lowest BCUT2D eigenvalue weighted by Crippen LogP contribution is -2.03. The van der Waals surface area contributed by atoms with Crippen LogP contribution >= 0.6 is 0 Å². The Hall–Kier alpha value is -0.400. The molecule has 126 valence electrons. The molecule has 0 aromatic rings. The van der Waals surface area contributed by atoms with E-state index in [0.717, 1.165) is 12.8 Å². The quantitative estimate of drug-likeness (QED) is 0.203. The van der Waals surface area contributed by atoms with Gasteiger partial charge in [-0.1, -0.05) is 109 Å². The van der Waals surface area contributed by atoms with Gasteiger partial charge in [-0.2, -0.15) is 4.91 Å². The van der Waals surface area contributed by atoms with E-state index < -0.39 is 0 Å². The molecule has 0 aliphatic rings. The number of nitrogens with zero attached hydrogens (tertiary/aromatic N) is 1. The fourth-order valence-electron chi connectivity index (χ4n) is 2.92. The van der Waals surface area contributed by atoms with Crippen LogP contribution in [0.1, 0.15) is 117 Å². The highest BCUT2D eigenvalue weighted by Crippen LogP contribution is 2.16. The molecule has 0 bridgehead atoms. The monoisotopic (exact) mass is 297 g/mol. The maximum atomic E-state index is 10.8. The Morgan fingerprint density at radius 2 is 0.905 bits per heavy atom. The number of unbranched alkanes of at least 4 members (excludes halogenated alkanes) is 12. The molecule has 0 N–H and O–H groups in total. The Kier molecular flexibility index (Phi) is 17.3. The second-order valence-corrected chi connectivity index (χ2v) is 6.58. The van der Waals surface area contributed by atoms with E-state index in [9.17, 15) is 4.91 Å². The summed E-state index contributed by atoms with van der Waals surface area (Å²) in [6, 6.07) is 0.0937. The molecule has 1 unspecified atom stereocenters. The first-order chi connectivity index (χ1) is 10.3. The van der Waals surface area contributed by atoms with Crippen molar-refractivity contribution in [3.05, 3.63) is 4.91 Å². The third-order valence-electron chi connectivity index (χ3n) is 4.43. The molecule has 0 aliphatic carbocycles. The number of rotatable bonds is 17. The molecule has 0 aromatic carbocycles. The van der Waals surface area contributed by atoms with Crippen LogP contribution < -0.4 is 0 Å². The Morgan fingerprint density at radius 3 is 1.24 bits per heavy atom. The van der Waals surface area contributed by atoms with Crippen molar-refractivity contribution in [2.45, 2.75) is 123 Å². The summed E-state index contributed by atoms with van der Waals surface area (Å²) >= 11 is 0. The Balaban J connectivity index is 3.28. The zero-order valence-electron chi connectivity index (χ0n) is 14.7. The summed E-state index contributed by atoms with van der Waals surface area (Å²) in [5, 5.41) is 3.32. The first kappa shape index (κ1) is 20.6. The third kappa shape index (κ3) is 15.8. The molecule has 1 atom stereocenters. The predicted octanol–water partition coefficient (Wildman–Crippen LogP) is 7.40. The molecule has 0 heterocycles. The minimum Gasteiger partial charge on any atom is -0.151 e. The zero-order chi connectivity index (χ0) is 15.6. The summed E-state index contributed by atoms with van der Waals surface area (Å²) < 4.78 is 0. The molecule has 0 aliphatic heterocycles. The molecule has 0 saturated carbocycles. The maximum Gasteiger partial charge on any atom is 0.0919 e. The van der Waals surface area contributed by atoms with Crippen molar-refractivity contribution in [1.82, 2.24) is 0 Å². The summed E-state index contributed by atoms with van der Waals surface area (Å²) in [7, 11) is 0. The van der Waals surface area contributed by atoms with Gasteiger partial charge in [0.25, 0.3) is 0 Å². The molecule has 0 fully saturated rings. The summed E-state index contributed by atoms with van der Waals surface area (Å²) in [4.78, 5) is 10.8. The summed E-state index contributed by atoms with van der Waals surface area (Å²) in [6.45, 7) is 4.50. The lowest BCUT2D eigenvalue weighted by Gasteiger charge is -2.08. The molecular formula is C19H39NO. The molecule has 21 heavy (non-hydrogen) atoms. The highest BCUT2D eigenvalue weighted by molar-refractivity contribution is 4.66. The van der Waals surface area contributed by atoms with Gasteiger partial charge >= 0.3 is 0 Å². The second kappa shape index (κ2) is 17.7. The van der Waals surface area contributed by atoms with E-state index in [0.29, 0.717) is 0 Å². The van der Waals surface area contributed by atoms with Gasteiger partial charge in [-0.05, 0) is 12.8 Å². The van der Waals surface area contributed by atoms with Crippen LogP contribution in [0.3, 0.4) is 0 Å². The Bertz CT molecular complexity index is 206. The van der Waals surface area contributed by atoms with Crippen LogP contribution in [0.15, 0.2) is 5.18 Å². The van der Waals surface area contributed by atoms with Gasteiger partial charge in [0.05, 0.1) is 6.04 Å². The van der Waals surface area contributed by atoms with Gasteiger partial charge in [0.2, 0.25) is 0 Å². The molecule has 0 aromatic heterocycles. The normalized spacial score (nSPS) is 12.5. The lowest BCUT2D eigenvalue weighted by atomic mass is 10.0. The minimum atomic E-state index is 0.0937. The smallest absolute Gasteiger partial charge is 0.0919 e. The van der Waals surface area contributed by atoms with Gasteiger partial charge in [0, 0.05) is 0 Å². The van der Waals surface area contributed by atoms with E-state index in [-0.39, 0.29) is 6.04 Å². The van der Waals surface area contributed by atoms with Crippen LogP contribution in [0.4, 0.5) is 0 Å². The molecule has 0 radical (unpaired) electrons. The number of nitroso groups, excluding NO2 is 1. The van der Waals surface area contributed by atoms with E-state index in [1.54, 1.807) is 0 Å². The van der Waals surface area contributed by atoms with Crippen LogP contribution in [0.2, 0.25) is 0 Å². The van der Waals surface area contributed by atoms with Crippen molar-refractivity contribution in [3.8, 4) is 0 Å². The van der Waals surface area contributed by atoms with Crippen LogP contribution in [0.5, 0.6) is 0 Å². The molecule has 0 amide bonds. The first-order valence-corrected chi connectivity index (χ1v) is 9.67. The van der Waals surface area contributed by atoms with Gasteiger partial charge in [-0.3, -0.25) is 0 Å². The summed E-state index contributed by atoms with van der Waals surface area (Å²) in [5.74, 6) is 0. The van der Waals surface area contributed by atoms with Gasteiger partial charge in [-0.25, -0.2) is 0 Å². The average molecular weight is 298 g/mol. The van der Waals surface area contributed by atoms with E-state index in [1.807, 2.05) is 0 Å². The standard InChI is InChI=1S/C19H39NO/c1-3-5-7-9-10-11-12-14-16-18-19(20-21)17-15-13-8-6-4-2/h19H,3-18H2,1-2H3. The van der Waals surface area contributed by atoms with Gasteiger partial charge in [0.1, 0.15) is 0 Å². The molecule has 0 rings (SSSR count). The third-order valence-corrected chi connectivity index (χ3v) is 4.43. The van der Waals surface area contributed by atoms with Gasteiger partial charge < -0.3 is 0 Å². The molecular weight excluding hydrogens is 258 g/mol. The van der Waals surface area contributed by atoms with E-state index in [1.165, 1.54) is 89.9 Å². The Morgan fingerprint density at radius 1 is 0.571 bits per heavy atom. The van der Waals surface area contributed by atoms with Gasteiger partial charge in [-0.15, -0.1) is 0 Å². The lowest BCUT2D eigenvalue weighted by molar-refractivity contribution is 0.482. The van der Waals surface area contributed by atoms with Crippen LogP contribution in [0.25, 0.3) is 0 Å². The molecule has 2 heteroatoms. The van der Waals surface area contributed by atoms with Crippen molar-refractivity contribution in [2.24, 2.45) is 5.18 Å². The van der Waals surface area contributed by atoms with Crippen LogP contribution in [0, 0.1) is 4.91 Å². The fraction of sp³-hybridized carbons (Fsp3) is 1.00. The van der Waals surface area contributed by atoms with Crippen molar-refractivity contribution in [2.75, 3.05) is 0 Å². The van der Waals surface area contributed by atoms with Crippen LogP contribution in [-0.4, -0.2) is 6.04 Å². The van der Waals surface area contributed by atoms with Crippen LogP contribution in [-0.2, 0) is 0 Å². The highest BCUT2D eigenvalue weighted by atomic mass is 16.3. The maximum absolute atomic E-state index is 10.8. The largest absolute Gasteiger partial charge is 0.151 e. The first-order valence-electron chi connectivity index (χ1n) is 9.67. The SMILES string of the molecule is CCCCCCCCCCCC(CCCCCCC)N=O. The van der Waals surface area contributed by atoms with E-state index >= 15 is 0 Å². The molecule has 0 spiro atoms. The van der Waals surface area contributed by atoms with E-state index in [4.69, 9.17) is 0 Å². The summed E-state index contributed by atoms with van der Waals surface area (Å²) in [6.07, 6.45) is 20.6. The second-order valence-electron chi connectivity index (χ2n) is 6.58. The minimum absolute atomic E-state index is 0.0937. The van der Waals surface area contributed by atoms with Crippen molar-refractivity contribution < 1.29 is 0 Å². The molecule has 2 nitrogen and oxygen atoms in total.